The molecule has 0 radical (unpaired) electrons. The maximum absolute atomic E-state index is 12.8. The first-order valence-electron chi connectivity index (χ1n) is 6.96. The van der Waals surface area contributed by atoms with E-state index in [1.165, 1.54) is 0 Å². The van der Waals surface area contributed by atoms with E-state index in [1.807, 2.05) is 27.7 Å². The molecule has 2 fully saturated rings. The van der Waals surface area contributed by atoms with Gasteiger partial charge in [-0.2, -0.15) is 17.0 Å². The fourth-order valence-electron chi connectivity index (χ4n) is 2.78. The van der Waals surface area contributed by atoms with Crippen molar-refractivity contribution in [2.75, 3.05) is 26.2 Å². The van der Waals surface area contributed by atoms with Crippen molar-refractivity contribution in [2.45, 2.75) is 52.0 Å². The molecule has 2 saturated heterocycles. The predicted octanol–water partition coefficient (Wildman–Crippen LogP) is 0.444. The summed E-state index contributed by atoms with van der Waals surface area (Å²) in [5.74, 6) is 0. The summed E-state index contributed by atoms with van der Waals surface area (Å²) in [5, 5.41) is 3.30. The third-order valence-corrected chi connectivity index (χ3v) is 5.77. The number of hydrogen-bond donors (Lipinski definition) is 1. The number of piperazine rings is 1. The Morgan fingerprint density at radius 2 is 1.60 bits per heavy atom. The summed E-state index contributed by atoms with van der Waals surface area (Å²) in [4.78, 5) is 0. The molecule has 4 unspecified atom stereocenters. The number of nitrogens with one attached hydrogen (secondary N) is 1. The molecule has 0 aromatic carbocycles. The smallest absolute Gasteiger partial charge is 0.282 e. The van der Waals surface area contributed by atoms with Crippen LogP contribution in [0, 0.1) is 0 Å². The van der Waals surface area contributed by atoms with Gasteiger partial charge in [0.15, 0.2) is 0 Å². The third kappa shape index (κ3) is 3.84. The topological polar surface area (TPSA) is 61.9 Å². The summed E-state index contributed by atoms with van der Waals surface area (Å²) in [6.07, 6.45) is -0.0941. The molecule has 20 heavy (non-hydrogen) atoms. The molecule has 8 heteroatoms. The number of ether oxygens (including phenoxy) is 1. The normalized spacial score (nSPS) is 37.4. The van der Waals surface area contributed by atoms with Crippen molar-refractivity contribution in [1.82, 2.24) is 13.9 Å². The first-order chi connectivity index (χ1) is 8.80. The van der Waals surface area contributed by atoms with Crippen molar-refractivity contribution < 1.29 is 13.2 Å². The Balaban J connectivity index is 0.00000200. The van der Waals surface area contributed by atoms with Crippen molar-refractivity contribution in [3.63, 3.8) is 0 Å². The van der Waals surface area contributed by atoms with Crippen LogP contribution in [-0.2, 0) is 14.9 Å². The van der Waals surface area contributed by atoms with Crippen LogP contribution in [0.3, 0.4) is 0 Å². The number of rotatable bonds is 2. The average Bonchev–Trinajstić information content (AvgIpc) is 2.31. The molecule has 0 aliphatic carbocycles. The molecule has 0 amide bonds. The standard InChI is InChI=1S/C12H25N3O3S.ClH/c1-9-6-15(10(2)5-13-9)19(16,17)14-7-11(3)18-12(4)8-14;/h9-13H,5-8H2,1-4H3;1H. The molecule has 0 bridgehead atoms. The monoisotopic (exact) mass is 327 g/mol. The largest absolute Gasteiger partial charge is 0.373 e. The summed E-state index contributed by atoms with van der Waals surface area (Å²) >= 11 is 0. The van der Waals surface area contributed by atoms with Gasteiger partial charge in [-0.25, -0.2) is 0 Å². The van der Waals surface area contributed by atoms with Gasteiger partial charge in [-0.1, -0.05) is 0 Å². The summed E-state index contributed by atoms with van der Waals surface area (Å²) in [6, 6.07) is 0.191. The predicted molar refractivity (Wildman–Crippen MR) is 81.4 cm³/mol. The van der Waals surface area contributed by atoms with Crippen LogP contribution < -0.4 is 5.32 Å². The second kappa shape index (κ2) is 6.89. The SMILES string of the molecule is CC1CN(S(=O)(=O)N2CC(C)OC(C)C2)C(C)CN1.Cl. The van der Waals surface area contributed by atoms with Crippen LogP contribution in [0.15, 0.2) is 0 Å². The van der Waals surface area contributed by atoms with E-state index in [1.54, 1.807) is 8.61 Å². The molecule has 0 saturated carbocycles. The van der Waals surface area contributed by atoms with E-state index in [2.05, 4.69) is 5.32 Å². The van der Waals surface area contributed by atoms with Gasteiger partial charge in [0.2, 0.25) is 0 Å². The minimum absolute atomic E-state index is 0. The lowest BCUT2D eigenvalue weighted by Crippen LogP contribution is -2.61. The maximum Gasteiger partial charge on any atom is 0.282 e. The third-order valence-electron chi connectivity index (χ3n) is 3.72. The van der Waals surface area contributed by atoms with E-state index in [9.17, 15) is 8.42 Å². The van der Waals surface area contributed by atoms with Gasteiger partial charge in [-0.3, -0.25) is 0 Å². The van der Waals surface area contributed by atoms with Crippen molar-refractivity contribution in [2.24, 2.45) is 0 Å². The fourth-order valence-corrected chi connectivity index (χ4v) is 4.81. The summed E-state index contributed by atoms with van der Waals surface area (Å²) in [6.45, 7) is 9.92. The maximum atomic E-state index is 12.8. The van der Waals surface area contributed by atoms with Crippen LogP contribution in [0.5, 0.6) is 0 Å². The Morgan fingerprint density at radius 1 is 1.05 bits per heavy atom. The molecule has 2 heterocycles. The van der Waals surface area contributed by atoms with Crippen molar-refractivity contribution in [1.29, 1.82) is 0 Å². The lowest BCUT2D eigenvalue weighted by molar-refractivity contribution is -0.0459. The Morgan fingerprint density at radius 3 is 2.15 bits per heavy atom. The zero-order valence-electron chi connectivity index (χ0n) is 12.6. The zero-order valence-corrected chi connectivity index (χ0v) is 14.2. The first-order valence-corrected chi connectivity index (χ1v) is 8.36. The van der Waals surface area contributed by atoms with E-state index in [0.717, 1.165) is 0 Å². The second-order valence-corrected chi connectivity index (χ2v) is 7.69. The Kier molecular flexibility index (Phi) is 6.25. The Bertz CT molecular complexity index is 410. The van der Waals surface area contributed by atoms with E-state index < -0.39 is 10.2 Å². The van der Waals surface area contributed by atoms with Crippen LogP contribution in [0.1, 0.15) is 27.7 Å². The van der Waals surface area contributed by atoms with Crippen molar-refractivity contribution >= 4 is 22.6 Å². The van der Waals surface area contributed by atoms with E-state index >= 15 is 0 Å². The summed E-state index contributed by atoms with van der Waals surface area (Å²) < 4.78 is 34.3. The zero-order chi connectivity index (χ0) is 14.2. The number of halogens is 1. The molecule has 0 spiro atoms. The van der Waals surface area contributed by atoms with Gasteiger partial charge in [0.1, 0.15) is 0 Å². The highest BCUT2D eigenvalue weighted by Gasteiger charge is 2.39. The minimum Gasteiger partial charge on any atom is -0.373 e. The number of hydrogen-bond acceptors (Lipinski definition) is 4. The Hall–Kier alpha value is 0.0800. The molecule has 6 nitrogen and oxygen atoms in total. The molecule has 0 aromatic heterocycles. The fraction of sp³-hybridized carbons (Fsp3) is 1.00. The molecule has 1 N–H and O–H groups in total. The average molecular weight is 328 g/mol. The van der Waals surface area contributed by atoms with Crippen LogP contribution in [-0.4, -0.2) is 67.5 Å². The van der Waals surface area contributed by atoms with E-state index in [-0.39, 0.29) is 36.7 Å². The molecule has 2 aliphatic rings. The Labute approximate surface area is 128 Å². The van der Waals surface area contributed by atoms with Crippen LogP contribution in [0.4, 0.5) is 0 Å². The second-order valence-electron chi connectivity index (χ2n) is 5.81. The molecule has 4 atom stereocenters. The summed E-state index contributed by atoms with van der Waals surface area (Å²) in [5.41, 5.74) is 0. The van der Waals surface area contributed by atoms with Gasteiger partial charge in [0, 0.05) is 38.3 Å². The van der Waals surface area contributed by atoms with Gasteiger partial charge in [-0.05, 0) is 27.7 Å². The van der Waals surface area contributed by atoms with Gasteiger partial charge < -0.3 is 10.1 Å². The van der Waals surface area contributed by atoms with E-state index in [0.29, 0.717) is 26.2 Å². The molecule has 2 rings (SSSR count). The van der Waals surface area contributed by atoms with Gasteiger partial charge >= 0.3 is 0 Å². The van der Waals surface area contributed by atoms with Crippen molar-refractivity contribution in [3.8, 4) is 0 Å². The molecular weight excluding hydrogens is 302 g/mol. The van der Waals surface area contributed by atoms with Crippen molar-refractivity contribution in [3.05, 3.63) is 0 Å². The molecule has 120 valence electrons. The van der Waals surface area contributed by atoms with Gasteiger partial charge in [0.25, 0.3) is 10.2 Å². The van der Waals surface area contributed by atoms with Gasteiger partial charge in [-0.15, -0.1) is 12.4 Å². The number of morpholine rings is 1. The van der Waals surface area contributed by atoms with E-state index in [4.69, 9.17) is 4.74 Å². The lowest BCUT2D eigenvalue weighted by atomic mass is 10.2. The van der Waals surface area contributed by atoms with Crippen LogP contribution >= 0.6 is 12.4 Å². The highest BCUT2D eigenvalue weighted by Crippen LogP contribution is 2.20. The highest BCUT2D eigenvalue weighted by molar-refractivity contribution is 7.86. The highest BCUT2D eigenvalue weighted by atomic mass is 35.5. The quantitative estimate of drug-likeness (QED) is 0.799. The molecule has 0 aromatic rings. The van der Waals surface area contributed by atoms with Gasteiger partial charge in [0.05, 0.1) is 12.2 Å². The summed E-state index contributed by atoms with van der Waals surface area (Å²) in [7, 11) is -3.39. The molecular formula is C12H26ClN3O3S. The van der Waals surface area contributed by atoms with Crippen LogP contribution in [0.2, 0.25) is 0 Å². The lowest BCUT2D eigenvalue weighted by Gasteiger charge is -2.42. The molecule has 2 aliphatic heterocycles. The van der Waals surface area contributed by atoms with Crippen LogP contribution in [0.25, 0.3) is 0 Å². The number of nitrogens with zero attached hydrogens (tertiary/aromatic N) is 2. The minimum atomic E-state index is -3.39. The first kappa shape index (κ1) is 18.1.